The highest BCUT2D eigenvalue weighted by molar-refractivity contribution is 14.1. The van der Waals surface area contributed by atoms with Crippen LogP contribution in [0.15, 0.2) is 12.1 Å². The predicted octanol–water partition coefficient (Wildman–Crippen LogP) is 2.31. The number of nitriles is 1. The lowest BCUT2D eigenvalue weighted by Crippen LogP contribution is -1.91. The van der Waals surface area contributed by atoms with Gasteiger partial charge in [0, 0.05) is 9.64 Å². The van der Waals surface area contributed by atoms with Crippen LogP contribution in [0.1, 0.15) is 5.56 Å². The van der Waals surface area contributed by atoms with Crippen LogP contribution in [0.4, 0.5) is 4.39 Å². The van der Waals surface area contributed by atoms with Crippen molar-refractivity contribution in [2.45, 2.75) is 0 Å². The molecule has 1 rings (SSSR count). The molecule has 0 fully saturated rings. The predicted molar refractivity (Wildman–Crippen MR) is 50.4 cm³/mol. The molecule has 12 heavy (non-hydrogen) atoms. The van der Waals surface area contributed by atoms with Crippen molar-refractivity contribution in [2.75, 3.05) is 7.11 Å². The van der Waals surface area contributed by atoms with Crippen LogP contribution in [-0.4, -0.2) is 7.11 Å². The van der Waals surface area contributed by atoms with E-state index in [0.29, 0.717) is 9.32 Å². The lowest BCUT2D eigenvalue weighted by atomic mass is 10.2. The molecule has 1 aromatic rings. The molecule has 62 valence electrons. The monoisotopic (exact) mass is 277 g/mol. The van der Waals surface area contributed by atoms with Crippen molar-refractivity contribution in [2.24, 2.45) is 0 Å². The Hall–Kier alpha value is -0.830. The Labute approximate surface area is 83.1 Å². The summed E-state index contributed by atoms with van der Waals surface area (Å²) in [5, 5.41) is 8.53. The maximum Gasteiger partial charge on any atom is 0.145 e. The molecule has 0 saturated carbocycles. The normalized spacial score (nSPS) is 9.17. The van der Waals surface area contributed by atoms with Gasteiger partial charge in [0.2, 0.25) is 0 Å². The third-order valence-electron chi connectivity index (χ3n) is 1.36. The van der Waals surface area contributed by atoms with Crippen LogP contribution in [0.3, 0.4) is 0 Å². The van der Waals surface area contributed by atoms with Gasteiger partial charge in [-0.3, -0.25) is 0 Å². The Morgan fingerprint density at radius 1 is 1.58 bits per heavy atom. The summed E-state index contributed by atoms with van der Waals surface area (Å²) in [7, 11) is 1.46. The summed E-state index contributed by atoms with van der Waals surface area (Å²) in [5.74, 6) is -0.114. The lowest BCUT2D eigenvalue weighted by molar-refractivity contribution is 0.410. The second-order valence-electron chi connectivity index (χ2n) is 2.08. The SMILES string of the molecule is COc1cc(F)c(C#N)c(I)c1. The van der Waals surface area contributed by atoms with Gasteiger partial charge in [0.15, 0.2) is 0 Å². The van der Waals surface area contributed by atoms with Gasteiger partial charge in [0.1, 0.15) is 23.2 Å². The zero-order chi connectivity index (χ0) is 9.14. The van der Waals surface area contributed by atoms with Gasteiger partial charge in [-0.25, -0.2) is 4.39 Å². The summed E-state index contributed by atoms with van der Waals surface area (Å²) >= 11 is 1.89. The van der Waals surface area contributed by atoms with Crippen molar-refractivity contribution >= 4 is 22.6 Å². The van der Waals surface area contributed by atoms with Gasteiger partial charge in [-0.2, -0.15) is 5.26 Å². The lowest BCUT2D eigenvalue weighted by Gasteiger charge is -2.02. The largest absolute Gasteiger partial charge is 0.497 e. The smallest absolute Gasteiger partial charge is 0.145 e. The second-order valence-corrected chi connectivity index (χ2v) is 3.24. The fraction of sp³-hybridized carbons (Fsp3) is 0.125. The molecule has 0 aliphatic rings. The number of rotatable bonds is 1. The third-order valence-corrected chi connectivity index (χ3v) is 2.21. The minimum absolute atomic E-state index is 0.0661. The topological polar surface area (TPSA) is 33.0 Å². The summed E-state index contributed by atoms with van der Waals surface area (Å²) in [5.41, 5.74) is 0.0661. The van der Waals surface area contributed by atoms with Gasteiger partial charge in [-0.15, -0.1) is 0 Å². The molecule has 0 heterocycles. The van der Waals surface area contributed by atoms with Crippen molar-refractivity contribution < 1.29 is 9.13 Å². The van der Waals surface area contributed by atoms with E-state index in [1.807, 2.05) is 22.6 Å². The van der Waals surface area contributed by atoms with Crippen LogP contribution < -0.4 is 4.74 Å². The Morgan fingerprint density at radius 3 is 2.67 bits per heavy atom. The molecular weight excluding hydrogens is 272 g/mol. The zero-order valence-electron chi connectivity index (χ0n) is 6.27. The standard InChI is InChI=1S/C8H5FINO/c1-12-5-2-7(9)6(4-11)8(10)3-5/h2-3H,1H3. The fourth-order valence-electron chi connectivity index (χ4n) is 0.775. The molecule has 0 amide bonds. The average Bonchev–Trinajstić information content (AvgIpc) is 2.03. The number of ether oxygens (including phenoxy) is 1. The highest BCUT2D eigenvalue weighted by Gasteiger charge is 2.08. The number of hydrogen-bond donors (Lipinski definition) is 0. The van der Waals surface area contributed by atoms with E-state index in [9.17, 15) is 4.39 Å². The van der Waals surface area contributed by atoms with Crippen molar-refractivity contribution in [1.82, 2.24) is 0 Å². The van der Waals surface area contributed by atoms with E-state index in [-0.39, 0.29) is 5.56 Å². The summed E-state index contributed by atoms with van der Waals surface area (Å²) in [6.45, 7) is 0. The molecule has 4 heteroatoms. The molecule has 0 radical (unpaired) electrons. The van der Waals surface area contributed by atoms with Gasteiger partial charge in [-0.1, -0.05) is 0 Å². The first-order chi connectivity index (χ1) is 5.69. The molecule has 0 aromatic heterocycles. The van der Waals surface area contributed by atoms with Crippen molar-refractivity contribution in [3.63, 3.8) is 0 Å². The number of methoxy groups -OCH3 is 1. The van der Waals surface area contributed by atoms with Crippen LogP contribution in [0, 0.1) is 20.7 Å². The minimum Gasteiger partial charge on any atom is -0.497 e. The first kappa shape index (κ1) is 9.26. The second kappa shape index (κ2) is 3.72. The number of nitrogens with zero attached hydrogens (tertiary/aromatic N) is 1. The zero-order valence-corrected chi connectivity index (χ0v) is 8.42. The van der Waals surface area contributed by atoms with E-state index in [0.717, 1.165) is 0 Å². The molecular formula is C8H5FINO. The van der Waals surface area contributed by atoms with Gasteiger partial charge in [-0.05, 0) is 28.7 Å². The van der Waals surface area contributed by atoms with Crippen LogP contribution in [0.5, 0.6) is 5.75 Å². The van der Waals surface area contributed by atoms with E-state index >= 15 is 0 Å². The quantitative estimate of drug-likeness (QED) is 0.738. The Bertz CT molecular complexity index is 322. The summed E-state index contributed by atoms with van der Waals surface area (Å²) in [6, 6.07) is 4.59. The van der Waals surface area contributed by atoms with Crippen molar-refractivity contribution in [3.8, 4) is 11.8 Å². The van der Waals surface area contributed by atoms with Crippen LogP contribution >= 0.6 is 22.6 Å². The summed E-state index contributed by atoms with van der Waals surface area (Å²) in [4.78, 5) is 0. The highest BCUT2D eigenvalue weighted by atomic mass is 127. The average molecular weight is 277 g/mol. The van der Waals surface area contributed by atoms with Crippen LogP contribution in [-0.2, 0) is 0 Å². The van der Waals surface area contributed by atoms with E-state index in [2.05, 4.69) is 0 Å². The number of hydrogen-bond acceptors (Lipinski definition) is 2. The molecule has 0 unspecified atom stereocenters. The highest BCUT2D eigenvalue weighted by Crippen LogP contribution is 2.21. The summed E-state index contributed by atoms with van der Waals surface area (Å²) < 4.78 is 18.4. The molecule has 0 saturated heterocycles. The molecule has 0 aliphatic heterocycles. The number of halogens is 2. The van der Waals surface area contributed by atoms with Gasteiger partial charge < -0.3 is 4.74 Å². The maximum atomic E-state index is 13.0. The maximum absolute atomic E-state index is 13.0. The van der Waals surface area contributed by atoms with Gasteiger partial charge in [0.05, 0.1) is 7.11 Å². The third kappa shape index (κ3) is 1.67. The minimum atomic E-state index is -0.541. The molecule has 0 bridgehead atoms. The van der Waals surface area contributed by atoms with Crippen LogP contribution in [0.2, 0.25) is 0 Å². The van der Waals surface area contributed by atoms with Gasteiger partial charge in [0.25, 0.3) is 0 Å². The van der Waals surface area contributed by atoms with Crippen molar-refractivity contribution in [3.05, 3.63) is 27.1 Å². The molecule has 0 aliphatic carbocycles. The molecule has 2 nitrogen and oxygen atoms in total. The van der Waals surface area contributed by atoms with E-state index < -0.39 is 5.82 Å². The Kier molecular flexibility index (Phi) is 2.87. The van der Waals surface area contributed by atoms with Crippen molar-refractivity contribution in [1.29, 1.82) is 5.26 Å². The first-order valence-electron chi connectivity index (χ1n) is 3.12. The molecule has 1 aromatic carbocycles. The first-order valence-corrected chi connectivity index (χ1v) is 4.20. The van der Waals surface area contributed by atoms with Crippen LogP contribution in [0.25, 0.3) is 0 Å². The molecule has 0 spiro atoms. The van der Waals surface area contributed by atoms with E-state index in [1.165, 1.54) is 13.2 Å². The molecule has 0 N–H and O–H groups in total. The van der Waals surface area contributed by atoms with E-state index in [1.54, 1.807) is 12.1 Å². The number of benzene rings is 1. The Balaban J connectivity index is 3.30. The summed E-state index contributed by atoms with van der Waals surface area (Å²) in [6.07, 6.45) is 0. The molecule has 0 atom stereocenters. The Morgan fingerprint density at radius 2 is 2.25 bits per heavy atom. The van der Waals surface area contributed by atoms with E-state index in [4.69, 9.17) is 10.00 Å². The fourth-order valence-corrected chi connectivity index (χ4v) is 1.46. The van der Waals surface area contributed by atoms with Gasteiger partial charge >= 0.3 is 0 Å².